The van der Waals surface area contributed by atoms with Crippen LogP contribution in [-0.2, 0) is 0 Å². The second kappa shape index (κ2) is 12.0. The number of anilines is 2. The molecule has 1 fully saturated rings. The quantitative estimate of drug-likeness (QED) is 0.449. The smallest absolute Gasteiger partial charge is 0.261 e. The molecule has 8 nitrogen and oxygen atoms in total. The van der Waals surface area contributed by atoms with Crippen molar-refractivity contribution in [3.63, 3.8) is 0 Å². The number of pyridine rings is 1. The number of carbonyl (C=O) groups is 1. The van der Waals surface area contributed by atoms with Crippen LogP contribution in [0.15, 0.2) is 88.7 Å². The Morgan fingerprint density at radius 2 is 1.95 bits per heavy atom. The van der Waals surface area contributed by atoms with Gasteiger partial charge >= 0.3 is 0 Å². The van der Waals surface area contributed by atoms with Crippen LogP contribution in [0, 0.1) is 0 Å². The van der Waals surface area contributed by atoms with Crippen LogP contribution < -0.4 is 20.7 Å². The normalized spacial score (nSPS) is 15.9. The third kappa shape index (κ3) is 6.33. The van der Waals surface area contributed by atoms with E-state index in [0.717, 1.165) is 43.0 Å². The summed E-state index contributed by atoms with van der Waals surface area (Å²) in [5.74, 6) is -0.186. The van der Waals surface area contributed by atoms with Gasteiger partial charge in [0.15, 0.2) is 0 Å². The molecule has 5 rings (SSSR count). The van der Waals surface area contributed by atoms with Crippen molar-refractivity contribution in [2.24, 2.45) is 4.99 Å². The Balaban J connectivity index is 1.45. The second-order valence-electron chi connectivity index (χ2n) is 9.70. The Kier molecular flexibility index (Phi) is 8.30. The monoisotopic (exact) mass is 562 g/mol. The van der Waals surface area contributed by atoms with Crippen molar-refractivity contribution >= 4 is 46.4 Å². The van der Waals surface area contributed by atoms with E-state index in [-0.39, 0.29) is 18.0 Å². The molecule has 39 heavy (non-hydrogen) atoms. The average molecular weight is 563 g/mol. The highest BCUT2D eigenvalue weighted by atomic mass is 35.5. The predicted molar refractivity (Wildman–Crippen MR) is 161 cm³/mol. The van der Waals surface area contributed by atoms with Gasteiger partial charge in [0, 0.05) is 50.0 Å². The fraction of sp³-hybridized carbons (Fsp3) is 0.276. The van der Waals surface area contributed by atoms with E-state index in [0.29, 0.717) is 21.0 Å². The third-order valence-corrected chi connectivity index (χ3v) is 8.19. The Morgan fingerprint density at radius 1 is 1.13 bits per heavy atom. The molecule has 3 aromatic rings. The minimum Gasteiger partial charge on any atom is -0.370 e. The lowest BCUT2D eigenvalue weighted by Crippen LogP contribution is -2.42. The molecule has 1 saturated heterocycles. The summed E-state index contributed by atoms with van der Waals surface area (Å²) in [6.45, 7) is 2.09. The van der Waals surface area contributed by atoms with Crippen molar-refractivity contribution in [2.75, 3.05) is 43.5 Å². The Morgan fingerprint density at radius 3 is 2.67 bits per heavy atom. The van der Waals surface area contributed by atoms with Crippen LogP contribution in [-0.4, -0.2) is 61.4 Å². The molecule has 1 N–H and O–H groups in total. The van der Waals surface area contributed by atoms with Crippen LogP contribution in [0.25, 0.3) is 5.69 Å². The van der Waals surface area contributed by atoms with Crippen molar-refractivity contribution in [2.45, 2.75) is 18.9 Å². The van der Waals surface area contributed by atoms with Crippen LogP contribution >= 0.6 is 22.9 Å². The molecule has 0 atom stereocenters. The number of nitrogens with zero attached hydrogens (tertiary/aromatic N) is 5. The van der Waals surface area contributed by atoms with E-state index >= 15 is 0 Å². The molecule has 0 unspecified atom stereocenters. The molecule has 1 aromatic carbocycles. The van der Waals surface area contributed by atoms with Gasteiger partial charge in [-0.1, -0.05) is 17.7 Å². The molecule has 2 aliphatic heterocycles. The maximum atomic E-state index is 12.6. The van der Waals surface area contributed by atoms with E-state index in [1.54, 1.807) is 41.2 Å². The third-order valence-electron chi connectivity index (χ3n) is 6.96. The number of aromatic nitrogens is 1. The van der Waals surface area contributed by atoms with Gasteiger partial charge in [0.25, 0.3) is 11.5 Å². The first kappa shape index (κ1) is 26.9. The summed E-state index contributed by atoms with van der Waals surface area (Å²) in [6, 6.07) is 15.2. The molecule has 0 bridgehead atoms. The van der Waals surface area contributed by atoms with Crippen molar-refractivity contribution in [3.05, 3.63) is 98.5 Å². The Bertz CT molecular complexity index is 1480. The van der Waals surface area contributed by atoms with E-state index < -0.39 is 0 Å². The summed E-state index contributed by atoms with van der Waals surface area (Å²) in [4.78, 5) is 36.9. The number of benzene rings is 1. The van der Waals surface area contributed by atoms with Gasteiger partial charge in [0.2, 0.25) is 0 Å². The van der Waals surface area contributed by atoms with Crippen LogP contribution in [0.2, 0.25) is 4.34 Å². The van der Waals surface area contributed by atoms with Gasteiger partial charge in [-0.2, -0.15) is 0 Å². The lowest BCUT2D eigenvalue weighted by molar-refractivity contribution is 0.0961. The number of allylic oxidation sites excluding steroid dienone is 1. The molecule has 10 heteroatoms. The first-order chi connectivity index (χ1) is 18.9. The van der Waals surface area contributed by atoms with E-state index in [1.165, 1.54) is 11.3 Å². The molecule has 1 amide bonds. The maximum Gasteiger partial charge on any atom is 0.261 e. The fourth-order valence-corrected chi connectivity index (χ4v) is 5.80. The summed E-state index contributed by atoms with van der Waals surface area (Å²) in [5.41, 5.74) is 3.46. The van der Waals surface area contributed by atoms with Gasteiger partial charge in [-0.3, -0.25) is 19.1 Å². The summed E-state index contributed by atoms with van der Waals surface area (Å²) >= 11 is 7.23. The van der Waals surface area contributed by atoms with E-state index in [4.69, 9.17) is 11.6 Å². The van der Waals surface area contributed by atoms with E-state index in [9.17, 15) is 9.59 Å². The highest BCUT2D eigenvalue weighted by molar-refractivity contribution is 7.18. The van der Waals surface area contributed by atoms with Crippen LogP contribution in [0.1, 0.15) is 22.5 Å². The molecule has 0 saturated carbocycles. The molecular formula is C29H31ClN6O2S. The number of piperidine rings is 1. The van der Waals surface area contributed by atoms with E-state index in [1.807, 2.05) is 41.6 Å². The number of hydrogen-bond donors (Lipinski definition) is 1. The molecule has 2 aromatic heterocycles. The number of halogens is 1. The van der Waals surface area contributed by atoms with Crippen molar-refractivity contribution in [1.29, 1.82) is 0 Å². The average Bonchev–Trinajstić information content (AvgIpc) is 3.25. The van der Waals surface area contributed by atoms with Gasteiger partial charge in [-0.05, 0) is 69.4 Å². The maximum absolute atomic E-state index is 12.6. The first-order valence-electron chi connectivity index (χ1n) is 12.9. The highest BCUT2D eigenvalue weighted by Crippen LogP contribution is 2.35. The van der Waals surface area contributed by atoms with Crippen molar-refractivity contribution in [1.82, 2.24) is 14.8 Å². The summed E-state index contributed by atoms with van der Waals surface area (Å²) in [7, 11) is 4.27. The summed E-state index contributed by atoms with van der Waals surface area (Å²) < 4.78 is 2.24. The topological polar surface area (TPSA) is 73.2 Å². The molecule has 0 aliphatic carbocycles. The number of carbonyl (C=O) groups excluding carboxylic acids is 1. The molecule has 0 radical (unpaired) electrons. The largest absolute Gasteiger partial charge is 0.370 e. The predicted octanol–water partition coefficient (Wildman–Crippen LogP) is 4.76. The van der Waals surface area contributed by atoms with Gasteiger partial charge < -0.3 is 20.0 Å². The standard InChI is InChI=1S/C29H31ClN6O2S/c1-33(2)22-11-16-34(17-12-22)25-18-23(36-15-4-3-6-28(36)37)7-8-24(25)35-14-5-13-31-21(20-35)19-32-29(38)26-9-10-27(30)39-26/h3-10,13-15,18,20,22H,11-12,16-17,19H2,1-2H3,(H,32,38). The fourth-order valence-electron chi connectivity index (χ4n) is 4.84. The zero-order valence-electron chi connectivity index (χ0n) is 22.0. The zero-order valence-corrected chi connectivity index (χ0v) is 23.5. The van der Waals surface area contributed by atoms with Gasteiger partial charge in [-0.15, -0.1) is 11.3 Å². The number of amides is 1. The number of thiophene rings is 1. The van der Waals surface area contributed by atoms with Crippen molar-refractivity contribution in [3.8, 4) is 5.69 Å². The Hall–Kier alpha value is -3.66. The minimum atomic E-state index is -0.186. The molecule has 0 spiro atoms. The SMILES string of the molecule is CN(C)C1CCN(c2cc(-n3ccccc3=O)ccc2N2C=CC=NC(CNC(=O)c3ccc(Cl)s3)=C2)CC1. The van der Waals surface area contributed by atoms with Gasteiger partial charge in [-0.25, -0.2) is 0 Å². The minimum absolute atomic E-state index is 0.0736. The Labute approximate surface area is 237 Å². The lowest BCUT2D eigenvalue weighted by Gasteiger charge is -2.38. The van der Waals surface area contributed by atoms with Crippen LogP contribution in [0.5, 0.6) is 0 Å². The number of nitrogens with one attached hydrogen (secondary N) is 1. The van der Waals surface area contributed by atoms with Crippen molar-refractivity contribution < 1.29 is 4.79 Å². The summed E-state index contributed by atoms with van der Waals surface area (Å²) in [5, 5.41) is 2.94. The molecular weight excluding hydrogens is 532 g/mol. The van der Waals surface area contributed by atoms with Gasteiger partial charge in [0.1, 0.15) is 0 Å². The summed E-state index contributed by atoms with van der Waals surface area (Å²) in [6.07, 6.45) is 11.4. The molecule has 202 valence electrons. The molecule has 2 aliphatic rings. The van der Waals surface area contributed by atoms with E-state index in [2.05, 4.69) is 40.3 Å². The van der Waals surface area contributed by atoms with Crippen LogP contribution in [0.4, 0.5) is 11.4 Å². The second-order valence-corrected chi connectivity index (χ2v) is 11.4. The number of rotatable bonds is 7. The lowest BCUT2D eigenvalue weighted by atomic mass is 10.0. The van der Waals surface area contributed by atoms with Crippen LogP contribution in [0.3, 0.4) is 0 Å². The zero-order chi connectivity index (χ0) is 27.4. The van der Waals surface area contributed by atoms with Gasteiger partial charge in [0.05, 0.1) is 38.5 Å². The molecule has 4 heterocycles. The first-order valence-corrected chi connectivity index (χ1v) is 14.1. The highest BCUT2D eigenvalue weighted by Gasteiger charge is 2.24. The number of hydrogen-bond acceptors (Lipinski definition) is 7. The number of aliphatic imine (C=N–C) groups is 1.